The molecule has 3 heteroatoms. The molecule has 4 heterocycles. The van der Waals surface area contributed by atoms with Crippen LogP contribution in [-0.4, -0.2) is 54.3 Å². The lowest BCUT2D eigenvalue weighted by molar-refractivity contribution is -0.186. The fourth-order valence-corrected chi connectivity index (χ4v) is 3.32. The molecule has 13 heavy (non-hydrogen) atoms. The molecule has 0 aromatic heterocycles. The Morgan fingerprint density at radius 1 is 0.846 bits per heavy atom. The van der Waals surface area contributed by atoms with Crippen LogP contribution in [0.1, 0.15) is 13.8 Å². The molecule has 4 fully saturated rings. The van der Waals surface area contributed by atoms with E-state index in [4.69, 9.17) is 0 Å². The van der Waals surface area contributed by atoms with Crippen LogP contribution < -0.4 is 0 Å². The van der Waals surface area contributed by atoms with Gasteiger partial charge in [-0.05, 0) is 5.92 Å². The Morgan fingerprint density at radius 3 is 1.54 bits per heavy atom. The molecule has 74 valence electrons. The first kappa shape index (κ1) is 8.21. The third-order valence-electron chi connectivity index (χ3n) is 4.04. The highest BCUT2D eigenvalue weighted by Gasteiger charge is 2.49. The molecule has 4 aliphatic rings. The Hall–Kier alpha value is -0.120. The second-order valence-corrected chi connectivity index (χ2v) is 5.43. The first-order valence-electron chi connectivity index (χ1n) is 5.35. The highest BCUT2D eigenvalue weighted by Crippen LogP contribution is 2.40. The second-order valence-electron chi connectivity index (χ2n) is 5.43. The number of hydrogen-bond acceptors (Lipinski definition) is 3. The van der Waals surface area contributed by atoms with Gasteiger partial charge in [0, 0.05) is 25.0 Å². The Balaban J connectivity index is 1.91. The Bertz CT molecular complexity index is 189. The maximum absolute atomic E-state index is 2.59. The van der Waals surface area contributed by atoms with Crippen molar-refractivity contribution < 1.29 is 0 Å². The fourth-order valence-electron chi connectivity index (χ4n) is 3.32. The Labute approximate surface area is 80.3 Å². The molecule has 4 rings (SSSR count). The van der Waals surface area contributed by atoms with E-state index in [9.17, 15) is 0 Å². The van der Waals surface area contributed by atoms with Gasteiger partial charge in [0.15, 0.2) is 0 Å². The fraction of sp³-hybridized carbons (Fsp3) is 1.00. The molecule has 4 saturated heterocycles. The molecule has 0 radical (unpaired) electrons. The molecule has 0 aromatic carbocycles. The van der Waals surface area contributed by atoms with Crippen molar-refractivity contribution in [1.82, 2.24) is 14.7 Å². The maximum Gasteiger partial charge on any atom is 0.0530 e. The predicted molar refractivity (Wildman–Crippen MR) is 52.0 cm³/mol. The number of nitrogens with zero attached hydrogens (tertiary/aromatic N) is 3. The van der Waals surface area contributed by atoms with E-state index in [1.807, 2.05) is 0 Å². The van der Waals surface area contributed by atoms with E-state index < -0.39 is 0 Å². The molecule has 0 N–H and O–H groups in total. The van der Waals surface area contributed by atoms with Gasteiger partial charge in [-0.15, -0.1) is 0 Å². The smallest absolute Gasteiger partial charge is 0.0530 e. The summed E-state index contributed by atoms with van der Waals surface area (Å²) in [5, 5.41) is 0. The molecular weight excluding hydrogens is 162 g/mol. The van der Waals surface area contributed by atoms with Crippen molar-refractivity contribution in [2.45, 2.75) is 13.8 Å². The van der Waals surface area contributed by atoms with E-state index in [0.717, 1.165) is 5.92 Å². The molecule has 0 aliphatic carbocycles. The number of hydrogen-bond donors (Lipinski definition) is 0. The van der Waals surface area contributed by atoms with Gasteiger partial charge < -0.3 is 0 Å². The molecular formula is C10H19N3. The number of rotatable bonds is 1. The molecule has 0 saturated carbocycles. The van der Waals surface area contributed by atoms with E-state index in [-0.39, 0.29) is 0 Å². The third kappa shape index (κ3) is 1.07. The van der Waals surface area contributed by atoms with E-state index in [1.54, 1.807) is 0 Å². The zero-order chi connectivity index (χ0) is 9.05. The monoisotopic (exact) mass is 181 g/mol. The Kier molecular flexibility index (Phi) is 1.56. The van der Waals surface area contributed by atoms with Crippen molar-refractivity contribution in [2.24, 2.45) is 11.3 Å². The molecule has 0 aromatic rings. The minimum Gasteiger partial charge on any atom is -0.277 e. The predicted octanol–water partition coefficient (Wildman–Crippen LogP) is 0.448. The molecule has 0 atom stereocenters. The summed E-state index contributed by atoms with van der Waals surface area (Å²) >= 11 is 0. The zero-order valence-electron chi connectivity index (χ0n) is 8.66. The van der Waals surface area contributed by atoms with Crippen molar-refractivity contribution in [2.75, 3.05) is 39.6 Å². The van der Waals surface area contributed by atoms with Gasteiger partial charge in [0.2, 0.25) is 0 Å². The van der Waals surface area contributed by atoms with Gasteiger partial charge in [-0.3, -0.25) is 14.7 Å². The maximum atomic E-state index is 2.59. The summed E-state index contributed by atoms with van der Waals surface area (Å²) in [4.78, 5) is 7.78. The zero-order valence-corrected chi connectivity index (χ0v) is 8.66. The molecule has 4 aliphatic heterocycles. The van der Waals surface area contributed by atoms with Crippen molar-refractivity contribution in [1.29, 1.82) is 0 Å². The summed E-state index contributed by atoms with van der Waals surface area (Å²) < 4.78 is 0. The molecule has 4 bridgehead atoms. The molecule has 0 amide bonds. The van der Waals surface area contributed by atoms with Crippen molar-refractivity contribution in [3.05, 3.63) is 0 Å². The molecule has 0 unspecified atom stereocenters. The summed E-state index contributed by atoms with van der Waals surface area (Å²) in [5.74, 6) is 0.820. The van der Waals surface area contributed by atoms with E-state index >= 15 is 0 Å². The van der Waals surface area contributed by atoms with Crippen LogP contribution in [0, 0.1) is 11.3 Å². The summed E-state index contributed by atoms with van der Waals surface area (Å²) in [7, 11) is 0. The average molecular weight is 181 g/mol. The third-order valence-corrected chi connectivity index (χ3v) is 4.04. The van der Waals surface area contributed by atoms with E-state index in [1.165, 1.54) is 39.6 Å². The first-order chi connectivity index (χ1) is 6.18. The second kappa shape index (κ2) is 2.47. The lowest BCUT2D eigenvalue weighted by atomic mass is 9.72. The van der Waals surface area contributed by atoms with Crippen LogP contribution in [0.4, 0.5) is 0 Å². The van der Waals surface area contributed by atoms with Gasteiger partial charge in [0.05, 0.1) is 20.0 Å². The topological polar surface area (TPSA) is 9.72 Å². The minimum absolute atomic E-state index is 0.578. The standard InChI is InChI=1S/C10H19N3/c1-9(2)10-3-11-6-12(4-10)8-13(5-10)7-11/h9H,3-8H2,1-2H3. The van der Waals surface area contributed by atoms with Gasteiger partial charge in [-0.1, -0.05) is 13.8 Å². The molecule has 3 nitrogen and oxygen atoms in total. The molecule has 0 spiro atoms. The van der Waals surface area contributed by atoms with Crippen LogP contribution >= 0.6 is 0 Å². The van der Waals surface area contributed by atoms with Gasteiger partial charge >= 0.3 is 0 Å². The highest BCUT2D eigenvalue weighted by molar-refractivity contribution is 5.00. The van der Waals surface area contributed by atoms with Crippen molar-refractivity contribution >= 4 is 0 Å². The summed E-state index contributed by atoms with van der Waals surface area (Å²) in [6.45, 7) is 12.4. The Morgan fingerprint density at radius 2 is 1.23 bits per heavy atom. The summed E-state index contributed by atoms with van der Waals surface area (Å²) in [6, 6.07) is 0. The van der Waals surface area contributed by atoms with Crippen LogP contribution in [-0.2, 0) is 0 Å². The van der Waals surface area contributed by atoms with Crippen LogP contribution in [0.3, 0.4) is 0 Å². The average Bonchev–Trinajstić information content (AvgIpc) is 2.00. The largest absolute Gasteiger partial charge is 0.277 e. The summed E-state index contributed by atoms with van der Waals surface area (Å²) in [6.07, 6.45) is 0. The SMILES string of the molecule is CC(C)C12CN3CN(CN(C3)C1)C2. The van der Waals surface area contributed by atoms with Gasteiger partial charge in [0.25, 0.3) is 0 Å². The van der Waals surface area contributed by atoms with Gasteiger partial charge in [0.1, 0.15) is 0 Å². The lowest BCUT2D eigenvalue weighted by Gasteiger charge is -2.62. The normalized spacial score (nSPS) is 53.3. The highest BCUT2D eigenvalue weighted by atomic mass is 15.5. The van der Waals surface area contributed by atoms with Crippen molar-refractivity contribution in [3.8, 4) is 0 Å². The minimum atomic E-state index is 0.578. The van der Waals surface area contributed by atoms with Gasteiger partial charge in [-0.2, -0.15) is 0 Å². The van der Waals surface area contributed by atoms with Crippen LogP contribution in [0.25, 0.3) is 0 Å². The van der Waals surface area contributed by atoms with Crippen LogP contribution in [0.15, 0.2) is 0 Å². The van der Waals surface area contributed by atoms with Crippen LogP contribution in [0.2, 0.25) is 0 Å². The summed E-state index contributed by atoms with van der Waals surface area (Å²) in [5.41, 5.74) is 0.578. The lowest BCUT2D eigenvalue weighted by Crippen LogP contribution is -2.73. The van der Waals surface area contributed by atoms with Gasteiger partial charge in [-0.25, -0.2) is 0 Å². The van der Waals surface area contributed by atoms with E-state index in [0.29, 0.717) is 5.41 Å². The quantitative estimate of drug-likeness (QED) is 0.581. The van der Waals surface area contributed by atoms with E-state index in [2.05, 4.69) is 28.5 Å². The first-order valence-corrected chi connectivity index (χ1v) is 5.35. The van der Waals surface area contributed by atoms with Crippen LogP contribution in [0.5, 0.6) is 0 Å². The van der Waals surface area contributed by atoms with Crippen molar-refractivity contribution in [3.63, 3.8) is 0 Å².